The number of ether oxygens (including phenoxy) is 3. The highest BCUT2D eigenvalue weighted by Crippen LogP contribution is 2.25. The highest BCUT2D eigenvalue weighted by molar-refractivity contribution is 5.94. The van der Waals surface area contributed by atoms with E-state index in [1.807, 2.05) is 39.0 Å². The number of nitrogens with one attached hydrogen (secondary N) is 1. The van der Waals surface area contributed by atoms with Gasteiger partial charge in [0.25, 0.3) is 5.91 Å². The third-order valence-corrected chi connectivity index (χ3v) is 3.67. The van der Waals surface area contributed by atoms with Gasteiger partial charge in [0, 0.05) is 0 Å². The van der Waals surface area contributed by atoms with Crippen molar-refractivity contribution in [3.8, 4) is 11.5 Å². The number of amides is 1. The Morgan fingerprint density at radius 3 is 2.23 bits per heavy atom. The van der Waals surface area contributed by atoms with Crippen molar-refractivity contribution in [1.29, 1.82) is 0 Å². The molecule has 0 aromatic heterocycles. The fourth-order valence-electron chi connectivity index (χ4n) is 2.39. The molecule has 1 N–H and O–H groups in total. The highest BCUT2D eigenvalue weighted by atomic mass is 16.6. The summed E-state index contributed by atoms with van der Waals surface area (Å²) in [5.74, 6) is 0.0834. The van der Waals surface area contributed by atoms with E-state index in [4.69, 9.17) is 14.2 Å². The van der Waals surface area contributed by atoms with Crippen LogP contribution in [0.15, 0.2) is 36.4 Å². The molecule has 0 spiro atoms. The zero-order valence-corrected chi connectivity index (χ0v) is 15.4. The van der Waals surface area contributed by atoms with Gasteiger partial charge in [-0.1, -0.05) is 23.8 Å². The molecule has 138 valence electrons. The van der Waals surface area contributed by atoms with Crippen molar-refractivity contribution < 1.29 is 23.8 Å². The van der Waals surface area contributed by atoms with E-state index >= 15 is 0 Å². The molecule has 0 saturated carbocycles. The summed E-state index contributed by atoms with van der Waals surface area (Å²) in [6.07, 6.45) is 0. The van der Waals surface area contributed by atoms with Crippen molar-refractivity contribution >= 4 is 17.6 Å². The van der Waals surface area contributed by atoms with Crippen molar-refractivity contribution in [2.75, 3.05) is 25.6 Å². The maximum Gasteiger partial charge on any atom is 0.344 e. The summed E-state index contributed by atoms with van der Waals surface area (Å²) in [7, 11) is 1.52. The number of esters is 1. The van der Waals surface area contributed by atoms with E-state index in [0.717, 1.165) is 16.7 Å². The minimum absolute atomic E-state index is 0.259. The van der Waals surface area contributed by atoms with Gasteiger partial charge in [-0.3, -0.25) is 4.79 Å². The number of hydrogen-bond acceptors (Lipinski definition) is 5. The van der Waals surface area contributed by atoms with Gasteiger partial charge >= 0.3 is 5.97 Å². The summed E-state index contributed by atoms with van der Waals surface area (Å²) in [4.78, 5) is 23.8. The summed E-state index contributed by atoms with van der Waals surface area (Å²) in [5.41, 5.74) is 3.54. The van der Waals surface area contributed by atoms with Crippen molar-refractivity contribution in [3.63, 3.8) is 0 Å². The molecule has 2 aromatic carbocycles. The summed E-state index contributed by atoms with van der Waals surface area (Å²) >= 11 is 0. The Bertz CT molecular complexity index is 801. The summed E-state index contributed by atoms with van der Waals surface area (Å²) in [6.45, 7) is 5.12. The van der Waals surface area contributed by atoms with Crippen LogP contribution in [-0.4, -0.2) is 32.2 Å². The molecule has 0 atom stereocenters. The molecular formula is C20H23NO5. The zero-order valence-electron chi connectivity index (χ0n) is 15.4. The SMILES string of the molecule is COc1ccc(C)cc1NC(=O)COC(=O)COc1ccc(C)cc1C. The molecule has 0 aliphatic carbocycles. The van der Waals surface area contributed by atoms with Gasteiger partial charge in [0.1, 0.15) is 11.5 Å². The average Bonchev–Trinajstić information content (AvgIpc) is 2.59. The molecule has 0 unspecified atom stereocenters. The molecule has 0 fully saturated rings. The van der Waals surface area contributed by atoms with Crippen molar-refractivity contribution in [2.45, 2.75) is 20.8 Å². The van der Waals surface area contributed by atoms with Gasteiger partial charge in [-0.05, 0) is 50.1 Å². The number of rotatable bonds is 7. The van der Waals surface area contributed by atoms with E-state index in [-0.39, 0.29) is 6.61 Å². The second-order valence-corrected chi connectivity index (χ2v) is 5.97. The molecule has 2 aromatic rings. The van der Waals surface area contributed by atoms with Gasteiger partial charge < -0.3 is 19.5 Å². The van der Waals surface area contributed by atoms with Gasteiger partial charge in [-0.25, -0.2) is 4.79 Å². The molecule has 6 heteroatoms. The van der Waals surface area contributed by atoms with Crippen LogP contribution in [0, 0.1) is 20.8 Å². The number of methoxy groups -OCH3 is 1. The molecule has 2 rings (SSSR count). The number of carbonyl (C=O) groups is 2. The molecule has 0 radical (unpaired) electrons. The fourth-order valence-corrected chi connectivity index (χ4v) is 2.39. The largest absolute Gasteiger partial charge is 0.495 e. The first-order valence-corrected chi connectivity index (χ1v) is 8.19. The van der Waals surface area contributed by atoms with E-state index in [1.165, 1.54) is 7.11 Å². The monoisotopic (exact) mass is 357 g/mol. The number of anilines is 1. The topological polar surface area (TPSA) is 73.9 Å². The van der Waals surface area contributed by atoms with Crippen LogP contribution in [0.1, 0.15) is 16.7 Å². The van der Waals surface area contributed by atoms with E-state index in [0.29, 0.717) is 17.2 Å². The second-order valence-electron chi connectivity index (χ2n) is 5.97. The number of aryl methyl sites for hydroxylation is 3. The van der Waals surface area contributed by atoms with Crippen LogP contribution >= 0.6 is 0 Å². The third kappa shape index (κ3) is 5.51. The Balaban J connectivity index is 1.81. The maximum absolute atomic E-state index is 12.0. The lowest BCUT2D eigenvalue weighted by molar-refractivity contribution is -0.149. The second kappa shape index (κ2) is 8.89. The third-order valence-electron chi connectivity index (χ3n) is 3.67. The highest BCUT2D eigenvalue weighted by Gasteiger charge is 2.12. The zero-order chi connectivity index (χ0) is 19.1. The molecule has 1 amide bonds. The average molecular weight is 357 g/mol. The summed E-state index contributed by atoms with van der Waals surface area (Å²) in [6, 6.07) is 11.1. The van der Waals surface area contributed by atoms with Crippen LogP contribution in [0.3, 0.4) is 0 Å². The predicted octanol–water partition coefficient (Wildman–Crippen LogP) is 3.18. The smallest absolute Gasteiger partial charge is 0.344 e. The van der Waals surface area contributed by atoms with Crippen LogP contribution in [0.25, 0.3) is 0 Å². The van der Waals surface area contributed by atoms with Gasteiger partial charge in [-0.2, -0.15) is 0 Å². The predicted molar refractivity (Wildman–Crippen MR) is 98.7 cm³/mol. The van der Waals surface area contributed by atoms with Gasteiger partial charge in [-0.15, -0.1) is 0 Å². The van der Waals surface area contributed by atoms with E-state index in [9.17, 15) is 9.59 Å². The van der Waals surface area contributed by atoms with Crippen LogP contribution in [0.2, 0.25) is 0 Å². The Kier molecular flexibility index (Phi) is 6.60. The molecule has 0 heterocycles. The quantitative estimate of drug-likeness (QED) is 0.771. The van der Waals surface area contributed by atoms with Crippen molar-refractivity contribution in [1.82, 2.24) is 0 Å². The van der Waals surface area contributed by atoms with Crippen LogP contribution < -0.4 is 14.8 Å². The molecule has 0 aliphatic heterocycles. The Hall–Kier alpha value is -3.02. The van der Waals surface area contributed by atoms with Gasteiger partial charge in [0.2, 0.25) is 0 Å². The summed E-state index contributed by atoms with van der Waals surface area (Å²) < 4.78 is 15.6. The normalized spacial score (nSPS) is 10.2. The molecule has 0 aliphatic rings. The first-order chi connectivity index (χ1) is 12.4. The minimum atomic E-state index is -0.615. The van der Waals surface area contributed by atoms with Crippen molar-refractivity contribution in [2.24, 2.45) is 0 Å². The Morgan fingerprint density at radius 2 is 1.58 bits per heavy atom. The fraction of sp³-hybridized carbons (Fsp3) is 0.300. The van der Waals surface area contributed by atoms with E-state index in [1.54, 1.807) is 18.2 Å². The lowest BCUT2D eigenvalue weighted by Gasteiger charge is -2.12. The number of hydrogen-bond donors (Lipinski definition) is 1. The van der Waals surface area contributed by atoms with E-state index < -0.39 is 18.5 Å². The lowest BCUT2D eigenvalue weighted by atomic mass is 10.1. The Labute approximate surface area is 153 Å². The van der Waals surface area contributed by atoms with Gasteiger partial charge in [0.05, 0.1) is 12.8 Å². The van der Waals surface area contributed by atoms with Gasteiger partial charge in [0.15, 0.2) is 13.2 Å². The maximum atomic E-state index is 12.0. The Morgan fingerprint density at radius 1 is 0.923 bits per heavy atom. The molecule has 26 heavy (non-hydrogen) atoms. The first kappa shape index (κ1) is 19.3. The molecule has 0 bridgehead atoms. The standard InChI is InChI=1S/C20H23NO5/c1-13-5-7-17(15(3)9-13)25-12-20(23)26-11-19(22)21-16-10-14(2)6-8-18(16)24-4/h5-10H,11-12H2,1-4H3,(H,21,22). The minimum Gasteiger partial charge on any atom is -0.495 e. The first-order valence-electron chi connectivity index (χ1n) is 8.19. The van der Waals surface area contributed by atoms with Crippen LogP contribution in [0.5, 0.6) is 11.5 Å². The molecule has 6 nitrogen and oxygen atoms in total. The number of carbonyl (C=O) groups excluding carboxylic acids is 2. The molecule has 0 saturated heterocycles. The van der Waals surface area contributed by atoms with E-state index in [2.05, 4.69) is 5.32 Å². The molecular weight excluding hydrogens is 334 g/mol. The van der Waals surface area contributed by atoms with Crippen LogP contribution in [0.4, 0.5) is 5.69 Å². The van der Waals surface area contributed by atoms with Crippen molar-refractivity contribution in [3.05, 3.63) is 53.1 Å². The lowest BCUT2D eigenvalue weighted by Crippen LogP contribution is -2.24. The number of benzene rings is 2. The van der Waals surface area contributed by atoms with Crippen LogP contribution in [-0.2, 0) is 14.3 Å². The summed E-state index contributed by atoms with van der Waals surface area (Å²) in [5, 5.41) is 2.66.